The molecule has 0 bridgehead atoms. The van der Waals surface area contributed by atoms with Crippen molar-refractivity contribution >= 4 is 9.84 Å². The second-order valence-corrected chi connectivity index (χ2v) is 8.53. The van der Waals surface area contributed by atoms with Crippen molar-refractivity contribution in [3.8, 4) is 11.5 Å². The van der Waals surface area contributed by atoms with Gasteiger partial charge in [-0.05, 0) is 48.9 Å². The van der Waals surface area contributed by atoms with Gasteiger partial charge in [0.15, 0.2) is 16.4 Å². The summed E-state index contributed by atoms with van der Waals surface area (Å²) < 4.78 is 39.1. The maximum absolute atomic E-state index is 11.5. The topological polar surface area (TPSA) is 104 Å². The molecule has 0 amide bonds. The molecule has 1 atom stereocenters. The van der Waals surface area contributed by atoms with Crippen LogP contribution in [0.25, 0.3) is 0 Å². The van der Waals surface area contributed by atoms with Crippen molar-refractivity contribution in [3.05, 3.63) is 65.8 Å². The Hall–Kier alpha value is -2.91. The van der Waals surface area contributed by atoms with Gasteiger partial charge in [-0.15, -0.1) is 0 Å². The maximum Gasteiger partial charge on any atom is 0.240 e. The summed E-state index contributed by atoms with van der Waals surface area (Å²) in [6.07, 6.45) is 1.19. The van der Waals surface area contributed by atoms with Gasteiger partial charge in [-0.3, -0.25) is 0 Å². The lowest BCUT2D eigenvalue weighted by Gasteiger charge is -2.13. The van der Waals surface area contributed by atoms with Crippen molar-refractivity contribution in [2.45, 2.75) is 31.0 Å². The van der Waals surface area contributed by atoms with Gasteiger partial charge in [0.05, 0.1) is 18.6 Å². The Morgan fingerprint density at radius 1 is 1.07 bits per heavy atom. The number of sulfone groups is 1. The van der Waals surface area contributed by atoms with Gasteiger partial charge < -0.3 is 19.3 Å². The van der Waals surface area contributed by atoms with Crippen LogP contribution in [-0.2, 0) is 23.0 Å². The third-order valence-corrected chi connectivity index (χ3v) is 5.43. The summed E-state index contributed by atoms with van der Waals surface area (Å²) in [6.45, 7) is 2.54. The quantitative estimate of drug-likeness (QED) is 0.567. The molecule has 8 nitrogen and oxygen atoms in total. The van der Waals surface area contributed by atoms with Crippen LogP contribution in [0.4, 0.5) is 0 Å². The predicted molar refractivity (Wildman–Crippen MR) is 106 cm³/mol. The number of aromatic nitrogens is 2. The number of rotatable bonds is 9. The van der Waals surface area contributed by atoms with E-state index in [2.05, 4.69) is 15.5 Å². The minimum atomic E-state index is -3.20. The molecule has 1 heterocycles. The van der Waals surface area contributed by atoms with E-state index in [1.165, 1.54) is 6.26 Å². The highest BCUT2D eigenvalue weighted by molar-refractivity contribution is 7.90. The van der Waals surface area contributed by atoms with Crippen LogP contribution in [-0.4, -0.2) is 31.9 Å². The van der Waals surface area contributed by atoms with Crippen LogP contribution in [0, 0.1) is 0 Å². The molecule has 0 radical (unpaired) electrons. The zero-order valence-electron chi connectivity index (χ0n) is 16.5. The van der Waals surface area contributed by atoms with E-state index >= 15 is 0 Å². The van der Waals surface area contributed by atoms with Crippen LogP contribution in [0.5, 0.6) is 11.5 Å². The van der Waals surface area contributed by atoms with Gasteiger partial charge in [-0.25, -0.2) is 8.42 Å². The zero-order valence-corrected chi connectivity index (χ0v) is 17.3. The molecule has 3 rings (SSSR count). The molecule has 0 fully saturated rings. The van der Waals surface area contributed by atoms with Crippen molar-refractivity contribution in [2.24, 2.45) is 0 Å². The van der Waals surface area contributed by atoms with E-state index < -0.39 is 9.84 Å². The van der Waals surface area contributed by atoms with E-state index in [1.807, 2.05) is 19.1 Å². The van der Waals surface area contributed by atoms with Gasteiger partial charge in [0, 0.05) is 12.3 Å². The fourth-order valence-corrected chi connectivity index (χ4v) is 3.23. The van der Waals surface area contributed by atoms with Crippen LogP contribution < -0.4 is 14.8 Å². The van der Waals surface area contributed by atoms with Crippen LogP contribution in [0.3, 0.4) is 0 Å². The summed E-state index contributed by atoms with van der Waals surface area (Å²) in [7, 11) is -1.59. The Balaban J connectivity index is 1.50. The molecule has 2 aromatic carbocycles. The number of hydrogen-bond donors (Lipinski definition) is 1. The van der Waals surface area contributed by atoms with Crippen LogP contribution in [0.2, 0.25) is 0 Å². The summed E-state index contributed by atoms with van der Waals surface area (Å²) in [5, 5.41) is 7.18. The van der Waals surface area contributed by atoms with Gasteiger partial charge >= 0.3 is 0 Å². The predicted octanol–water partition coefficient (Wildman–Crippen LogP) is 2.91. The first-order valence-electron chi connectivity index (χ1n) is 8.97. The third kappa shape index (κ3) is 5.78. The highest BCUT2D eigenvalue weighted by atomic mass is 32.2. The highest BCUT2D eigenvalue weighted by Crippen LogP contribution is 2.18. The monoisotopic (exact) mass is 417 g/mol. The Bertz CT molecular complexity index is 1030. The fraction of sp³-hybridized carbons (Fsp3) is 0.300. The summed E-state index contributed by atoms with van der Waals surface area (Å²) in [5.41, 5.74) is 0.958. The Morgan fingerprint density at radius 2 is 1.72 bits per heavy atom. The van der Waals surface area contributed by atoms with Gasteiger partial charge in [-0.1, -0.05) is 17.3 Å². The Morgan fingerprint density at radius 3 is 2.34 bits per heavy atom. The summed E-state index contributed by atoms with van der Waals surface area (Å²) in [4.78, 5) is 4.60. The van der Waals surface area contributed by atoms with E-state index in [-0.39, 0.29) is 12.6 Å². The second-order valence-electron chi connectivity index (χ2n) is 6.51. The lowest BCUT2D eigenvalue weighted by atomic mass is 10.1. The number of nitrogens with one attached hydrogen (secondary N) is 1. The van der Waals surface area contributed by atoms with Crippen molar-refractivity contribution in [1.82, 2.24) is 15.5 Å². The molecule has 0 aliphatic carbocycles. The number of benzene rings is 2. The smallest absolute Gasteiger partial charge is 0.240 e. The number of hydrogen-bond acceptors (Lipinski definition) is 8. The molecular weight excluding hydrogens is 394 g/mol. The summed E-state index contributed by atoms with van der Waals surface area (Å²) in [5.74, 6) is 2.33. The van der Waals surface area contributed by atoms with E-state index in [9.17, 15) is 8.42 Å². The molecule has 0 aliphatic rings. The Labute approximate surface area is 169 Å². The molecule has 29 heavy (non-hydrogen) atoms. The van der Waals surface area contributed by atoms with Gasteiger partial charge in [0.2, 0.25) is 11.7 Å². The van der Waals surface area contributed by atoms with Gasteiger partial charge in [0.25, 0.3) is 0 Å². The lowest BCUT2D eigenvalue weighted by molar-refractivity contribution is 0.284. The molecular formula is C20H23N3O5S. The largest absolute Gasteiger partial charge is 0.497 e. The summed E-state index contributed by atoms with van der Waals surface area (Å²) in [6, 6.07) is 14.0. The zero-order chi connectivity index (χ0) is 20.9. The first kappa shape index (κ1) is 20.8. The van der Waals surface area contributed by atoms with E-state index in [1.54, 1.807) is 43.5 Å². The van der Waals surface area contributed by atoms with Crippen molar-refractivity contribution in [1.29, 1.82) is 0 Å². The number of methoxy groups -OCH3 is 1. The first-order valence-corrected chi connectivity index (χ1v) is 10.9. The van der Waals surface area contributed by atoms with Crippen molar-refractivity contribution < 1.29 is 22.4 Å². The van der Waals surface area contributed by atoms with Crippen LogP contribution >= 0.6 is 0 Å². The average Bonchev–Trinajstić information content (AvgIpc) is 3.18. The molecule has 9 heteroatoms. The fourth-order valence-electron chi connectivity index (χ4n) is 2.60. The molecule has 154 valence electrons. The van der Waals surface area contributed by atoms with Crippen LogP contribution in [0.15, 0.2) is 57.9 Å². The molecule has 0 spiro atoms. The standard InChI is InChI=1S/C20H23N3O5S/c1-14(15-4-10-18(11-5-15)29(3,24)25)21-12-20-22-19(23-28-20)13-27-17-8-6-16(26-2)7-9-17/h4-11,14,21H,12-13H2,1-3H3. The van der Waals surface area contributed by atoms with E-state index in [4.69, 9.17) is 14.0 Å². The van der Waals surface area contributed by atoms with Gasteiger partial charge in [-0.2, -0.15) is 4.98 Å². The second kappa shape index (κ2) is 9.06. The molecule has 1 unspecified atom stereocenters. The molecule has 1 aromatic heterocycles. The van der Waals surface area contributed by atoms with Crippen LogP contribution in [0.1, 0.15) is 30.2 Å². The Kier molecular flexibility index (Phi) is 6.50. The molecule has 1 N–H and O–H groups in total. The molecule has 3 aromatic rings. The molecule has 0 aliphatic heterocycles. The summed E-state index contributed by atoms with van der Waals surface area (Å²) >= 11 is 0. The highest BCUT2D eigenvalue weighted by Gasteiger charge is 2.12. The molecule has 0 saturated carbocycles. The minimum absolute atomic E-state index is 0.0190. The van der Waals surface area contributed by atoms with Gasteiger partial charge in [0.1, 0.15) is 11.5 Å². The lowest BCUT2D eigenvalue weighted by Crippen LogP contribution is -2.18. The first-order chi connectivity index (χ1) is 13.8. The molecule has 0 saturated heterocycles. The van der Waals surface area contributed by atoms with E-state index in [0.717, 1.165) is 11.3 Å². The van der Waals surface area contributed by atoms with Crippen molar-refractivity contribution in [3.63, 3.8) is 0 Å². The number of nitrogens with zero attached hydrogens (tertiary/aromatic N) is 2. The maximum atomic E-state index is 11.5. The minimum Gasteiger partial charge on any atom is -0.497 e. The SMILES string of the molecule is COc1ccc(OCc2noc(CNC(C)c3ccc(S(C)(=O)=O)cc3)n2)cc1. The normalized spacial score (nSPS) is 12.5. The number of ether oxygens (including phenoxy) is 2. The third-order valence-electron chi connectivity index (χ3n) is 4.31. The van der Waals surface area contributed by atoms with E-state index in [0.29, 0.717) is 28.9 Å². The van der Waals surface area contributed by atoms with Crippen molar-refractivity contribution in [2.75, 3.05) is 13.4 Å². The average molecular weight is 417 g/mol.